The number of anilines is 1. The zero-order valence-electron chi connectivity index (χ0n) is 10.5. The van der Waals surface area contributed by atoms with Gasteiger partial charge in [-0.05, 0) is 37.1 Å². The number of hydrogen-bond acceptors (Lipinski definition) is 2. The lowest BCUT2D eigenvalue weighted by atomic mass is 9.82. The van der Waals surface area contributed by atoms with Crippen LogP contribution in [0.25, 0.3) is 0 Å². The minimum Gasteiger partial charge on any atom is -0.323 e. The third-order valence-electron chi connectivity index (χ3n) is 3.95. The van der Waals surface area contributed by atoms with Gasteiger partial charge in [0.05, 0.1) is 5.69 Å². The van der Waals surface area contributed by atoms with E-state index in [4.69, 9.17) is 11.6 Å². The number of hydrogen-bond donors (Lipinski definition) is 1. The van der Waals surface area contributed by atoms with Crippen LogP contribution >= 0.6 is 11.6 Å². The molecule has 3 amide bonds. The molecule has 20 heavy (non-hydrogen) atoms. The maximum absolute atomic E-state index is 12.6. The van der Waals surface area contributed by atoms with Gasteiger partial charge < -0.3 is 5.32 Å². The Balaban J connectivity index is 0.00000147. The molecule has 1 saturated heterocycles. The van der Waals surface area contributed by atoms with Gasteiger partial charge in [0.25, 0.3) is 5.91 Å². The van der Waals surface area contributed by atoms with E-state index in [0.29, 0.717) is 10.7 Å². The van der Waals surface area contributed by atoms with Crippen LogP contribution in [0.1, 0.15) is 39.5 Å². The largest absolute Gasteiger partial charge is 0.329 e. The summed E-state index contributed by atoms with van der Waals surface area (Å²) in [6, 6.07) is 6.44. The maximum atomic E-state index is 12.6. The molecule has 1 aromatic rings. The number of benzene rings is 1. The van der Waals surface area contributed by atoms with E-state index in [9.17, 15) is 9.59 Å². The lowest BCUT2D eigenvalue weighted by Crippen LogP contribution is -2.48. The van der Waals surface area contributed by atoms with Gasteiger partial charge in [-0.2, -0.15) is 0 Å². The molecule has 1 heterocycles. The third-order valence-corrected chi connectivity index (χ3v) is 4.21. The normalized spacial score (nSPS) is 20.8. The van der Waals surface area contributed by atoms with Gasteiger partial charge in [-0.15, -0.1) is 0 Å². The summed E-state index contributed by atoms with van der Waals surface area (Å²) in [5, 5.41) is 3.47. The molecule has 0 aromatic heterocycles. The van der Waals surface area contributed by atoms with E-state index in [2.05, 4.69) is 5.32 Å². The highest BCUT2D eigenvalue weighted by Gasteiger charge is 2.51. The van der Waals surface area contributed by atoms with Gasteiger partial charge in [-0.25, -0.2) is 9.69 Å². The fraction of sp³-hybridized carbons (Fsp3) is 0.467. The van der Waals surface area contributed by atoms with Crippen LogP contribution in [0.15, 0.2) is 24.3 Å². The second kappa shape index (κ2) is 5.44. The molecule has 2 fully saturated rings. The predicted octanol–water partition coefficient (Wildman–Crippen LogP) is 3.74. The first-order chi connectivity index (χ1) is 9.12. The van der Waals surface area contributed by atoms with Gasteiger partial charge in [0.1, 0.15) is 5.54 Å². The highest BCUT2D eigenvalue weighted by atomic mass is 35.5. The van der Waals surface area contributed by atoms with E-state index in [0.717, 1.165) is 32.1 Å². The SMILES string of the molecule is C.O=C1NC2(CCCCC2)C(=O)N1c1ccc(Cl)cc1. The Kier molecular flexibility index (Phi) is 4.04. The van der Waals surface area contributed by atoms with Gasteiger partial charge in [0.15, 0.2) is 0 Å². The molecule has 1 saturated carbocycles. The number of rotatable bonds is 1. The van der Waals surface area contributed by atoms with Crippen molar-refractivity contribution in [3.63, 3.8) is 0 Å². The topological polar surface area (TPSA) is 49.4 Å². The molecule has 1 aliphatic heterocycles. The smallest absolute Gasteiger partial charge is 0.323 e. The predicted molar refractivity (Wildman–Crippen MR) is 80.0 cm³/mol. The second-order valence-electron chi connectivity index (χ2n) is 5.19. The summed E-state index contributed by atoms with van der Waals surface area (Å²) in [5.41, 5.74) is -0.0936. The Hall–Kier alpha value is -1.55. The van der Waals surface area contributed by atoms with Crippen LogP contribution in [0.3, 0.4) is 0 Å². The van der Waals surface area contributed by atoms with Crippen molar-refractivity contribution in [2.45, 2.75) is 45.1 Å². The molecular formula is C15H19ClN2O2. The first-order valence-electron chi connectivity index (χ1n) is 6.55. The van der Waals surface area contributed by atoms with E-state index in [-0.39, 0.29) is 19.4 Å². The number of nitrogens with zero attached hydrogens (tertiary/aromatic N) is 1. The van der Waals surface area contributed by atoms with Crippen molar-refractivity contribution < 1.29 is 9.59 Å². The molecule has 0 unspecified atom stereocenters. The lowest BCUT2D eigenvalue weighted by Gasteiger charge is -2.30. The number of halogens is 1. The molecule has 0 radical (unpaired) electrons. The number of amides is 3. The highest BCUT2D eigenvalue weighted by Crippen LogP contribution is 2.35. The van der Waals surface area contributed by atoms with Crippen LogP contribution in [0.4, 0.5) is 10.5 Å². The molecular weight excluding hydrogens is 276 g/mol. The van der Waals surface area contributed by atoms with Gasteiger partial charge in [0, 0.05) is 5.02 Å². The molecule has 0 atom stereocenters. The summed E-state index contributed by atoms with van der Waals surface area (Å²) in [6.45, 7) is 0. The van der Waals surface area contributed by atoms with Gasteiger partial charge >= 0.3 is 6.03 Å². The van der Waals surface area contributed by atoms with Crippen LogP contribution in [0.5, 0.6) is 0 Å². The average molecular weight is 295 g/mol. The van der Waals surface area contributed by atoms with Crippen LogP contribution in [0.2, 0.25) is 5.02 Å². The van der Waals surface area contributed by atoms with Crippen molar-refractivity contribution in [2.24, 2.45) is 0 Å². The quantitative estimate of drug-likeness (QED) is 0.802. The number of carbonyl (C=O) groups is 2. The number of carbonyl (C=O) groups excluding carboxylic acids is 2. The van der Waals surface area contributed by atoms with Crippen molar-refractivity contribution in [1.29, 1.82) is 0 Å². The number of nitrogens with one attached hydrogen (secondary N) is 1. The first-order valence-corrected chi connectivity index (χ1v) is 6.92. The Bertz CT molecular complexity index is 521. The Morgan fingerprint density at radius 1 is 1.05 bits per heavy atom. The molecule has 2 aliphatic rings. The molecule has 108 valence electrons. The van der Waals surface area contributed by atoms with Crippen molar-refractivity contribution in [3.05, 3.63) is 29.3 Å². The van der Waals surface area contributed by atoms with Gasteiger partial charge in [-0.1, -0.05) is 38.3 Å². The zero-order chi connectivity index (χ0) is 13.5. The molecule has 4 nitrogen and oxygen atoms in total. The minimum atomic E-state index is -0.672. The Labute approximate surface area is 124 Å². The van der Waals surface area contributed by atoms with E-state index < -0.39 is 5.54 Å². The summed E-state index contributed by atoms with van der Waals surface area (Å²) in [7, 11) is 0. The third kappa shape index (κ3) is 2.29. The standard InChI is InChI=1S/C14H15ClN2O2.CH4/c15-10-4-6-11(7-5-10)17-12(18)14(16-13(17)19)8-2-1-3-9-14;/h4-7H,1-3,8-9H2,(H,16,19);1H4. The van der Waals surface area contributed by atoms with Crippen LogP contribution in [-0.4, -0.2) is 17.5 Å². The highest BCUT2D eigenvalue weighted by molar-refractivity contribution is 6.30. The Morgan fingerprint density at radius 3 is 2.25 bits per heavy atom. The summed E-state index contributed by atoms with van der Waals surface area (Å²) in [5.74, 6) is -0.125. The van der Waals surface area contributed by atoms with Crippen molar-refractivity contribution in [2.75, 3.05) is 4.90 Å². The molecule has 1 spiro atoms. The van der Waals surface area contributed by atoms with E-state index >= 15 is 0 Å². The Morgan fingerprint density at radius 2 is 1.65 bits per heavy atom. The molecule has 1 aliphatic carbocycles. The number of urea groups is 1. The van der Waals surface area contributed by atoms with E-state index in [1.54, 1.807) is 24.3 Å². The summed E-state index contributed by atoms with van der Waals surface area (Å²) in [6.07, 6.45) is 4.58. The summed E-state index contributed by atoms with van der Waals surface area (Å²) < 4.78 is 0. The fourth-order valence-corrected chi connectivity index (χ4v) is 3.07. The minimum absolute atomic E-state index is 0. The molecule has 5 heteroatoms. The van der Waals surface area contributed by atoms with Crippen LogP contribution < -0.4 is 10.2 Å². The first kappa shape index (κ1) is 14.9. The average Bonchev–Trinajstić information content (AvgIpc) is 2.64. The van der Waals surface area contributed by atoms with Crippen molar-refractivity contribution >= 4 is 29.2 Å². The maximum Gasteiger partial charge on any atom is 0.329 e. The molecule has 0 bridgehead atoms. The molecule has 1 N–H and O–H groups in total. The second-order valence-corrected chi connectivity index (χ2v) is 5.63. The lowest BCUT2D eigenvalue weighted by molar-refractivity contribution is -0.123. The fourth-order valence-electron chi connectivity index (χ4n) is 2.94. The summed E-state index contributed by atoms with van der Waals surface area (Å²) in [4.78, 5) is 25.9. The monoisotopic (exact) mass is 294 g/mol. The van der Waals surface area contributed by atoms with Gasteiger partial charge in [0.2, 0.25) is 0 Å². The number of imide groups is 1. The van der Waals surface area contributed by atoms with E-state index in [1.165, 1.54) is 4.90 Å². The zero-order valence-corrected chi connectivity index (χ0v) is 11.2. The van der Waals surface area contributed by atoms with E-state index in [1.807, 2.05) is 0 Å². The van der Waals surface area contributed by atoms with Crippen molar-refractivity contribution in [1.82, 2.24) is 5.32 Å². The van der Waals surface area contributed by atoms with Crippen LogP contribution in [-0.2, 0) is 4.79 Å². The van der Waals surface area contributed by atoms with Crippen molar-refractivity contribution in [3.8, 4) is 0 Å². The molecule has 1 aromatic carbocycles. The van der Waals surface area contributed by atoms with Crippen LogP contribution in [0, 0.1) is 0 Å². The summed E-state index contributed by atoms with van der Waals surface area (Å²) >= 11 is 5.83. The van der Waals surface area contributed by atoms with Gasteiger partial charge in [-0.3, -0.25) is 4.79 Å². The molecule has 3 rings (SSSR count).